The van der Waals surface area contributed by atoms with Gasteiger partial charge in [0, 0.05) is 16.2 Å². The summed E-state index contributed by atoms with van der Waals surface area (Å²) < 4.78 is 2.70. The lowest BCUT2D eigenvalue weighted by atomic mass is 10.3. The minimum Gasteiger partial charge on any atom is -0.324 e. The zero-order chi connectivity index (χ0) is 16.4. The molecule has 6 nitrogen and oxygen atoms in total. The topological polar surface area (TPSA) is 72.2 Å². The van der Waals surface area contributed by atoms with Crippen molar-refractivity contribution in [2.45, 2.75) is 19.0 Å². The van der Waals surface area contributed by atoms with E-state index in [9.17, 15) is 4.79 Å². The summed E-state index contributed by atoms with van der Waals surface area (Å²) in [5, 5.41) is 11.8. The molecule has 0 fully saturated rings. The highest BCUT2D eigenvalue weighted by Crippen LogP contribution is 2.23. The number of nitrogens with one attached hydrogen (secondary N) is 1. The molecule has 0 spiro atoms. The molecule has 0 saturated carbocycles. The van der Waals surface area contributed by atoms with Crippen LogP contribution >= 0.6 is 27.7 Å². The van der Waals surface area contributed by atoms with Crippen LogP contribution in [0, 0.1) is 13.8 Å². The fourth-order valence-electron chi connectivity index (χ4n) is 2.18. The largest absolute Gasteiger partial charge is 0.324 e. The summed E-state index contributed by atoms with van der Waals surface area (Å²) >= 11 is 4.74. The van der Waals surface area contributed by atoms with Gasteiger partial charge in [-0.05, 0) is 41.9 Å². The van der Waals surface area contributed by atoms with Gasteiger partial charge >= 0.3 is 0 Å². The third kappa shape index (κ3) is 3.53. The van der Waals surface area contributed by atoms with Crippen molar-refractivity contribution in [2.75, 3.05) is 11.1 Å². The predicted octanol–water partition coefficient (Wildman–Crippen LogP) is 3.23. The minimum atomic E-state index is -0.101. The lowest BCUT2D eigenvalue weighted by molar-refractivity contribution is -0.113. The van der Waals surface area contributed by atoms with E-state index in [4.69, 9.17) is 0 Å². The molecule has 23 heavy (non-hydrogen) atoms. The molecular formula is C15H14BrN5OS. The molecule has 2 aromatic heterocycles. The van der Waals surface area contributed by atoms with E-state index in [1.807, 2.05) is 48.6 Å². The summed E-state index contributed by atoms with van der Waals surface area (Å²) in [5.41, 5.74) is 2.38. The molecule has 0 radical (unpaired) electrons. The van der Waals surface area contributed by atoms with E-state index < -0.39 is 0 Å². The number of anilines is 1. The lowest BCUT2D eigenvalue weighted by Gasteiger charge is -2.07. The van der Waals surface area contributed by atoms with E-state index in [-0.39, 0.29) is 11.7 Å². The first-order chi connectivity index (χ1) is 11.0. The van der Waals surface area contributed by atoms with Crippen molar-refractivity contribution in [3.63, 3.8) is 0 Å². The predicted molar refractivity (Wildman–Crippen MR) is 93.8 cm³/mol. The normalized spacial score (nSPS) is 10.9. The van der Waals surface area contributed by atoms with E-state index in [1.165, 1.54) is 11.8 Å². The van der Waals surface area contributed by atoms with Gasteiger partial charge in [0.2, 0.25) is 5.91 Å². The Bertz CT molecular complexity index is 879. The third-order valence-corrected chi connectivity index (χ3v) is 4.76. The number of amides is 1. The van der Waals surface area contributed by atoms with Gasteiger partial charge < -0.3 is 5.32 Å². The van der Waals surface area contributed by atoms with Gasteiger partial charge in [-0.15, -0.1) is 10.2 Å². The number of rotatable bonds is 4. The Morgan fingerprint density at radius 2 is 2.09 bits per heavy atom. The zero-order valence-corrected chi connectivity index (χ0v) is 15.0. The van der Waals surface area contributed by atoms with E-state index >= 15 is 0 Å². The summed E-state index contributed by atoms with van der Waals surface area (Å²) in [7, 11) is 0. The number of carbonyl (C=O) groups excluding carboxylic acids is 1. The molecule has 0 aliphatic rings. The molecule has 1 aromatic carbocycles. The van der Waals surface area contributed by atoms with Crippen molar-refractivity contribution in [1.82, 2.24) is 19.6 Å². The molecule has 3 aromatic rings. The highest BCUT2D eigenvalue weighted by atomic mass is 79.9. The highest BCUT2D eigenvalue weighted by molar-refractivity contribution is 9.10. The molecule has 0 saturated heterocycles. The molecule has 118 valence electrons. The van der Waals surface area contributed by atoms with Crippen LogP contribution in [0.3, 0.4) is 0 Å². The first kappa shape index (κ1) is 15.9. The number of aromatic nitrogens is 4. The number of carbonyl (C=O) groups is 1. The number of aryl methyl sites for hydroxylation is 2. The second-order valence-electron chi connectivity index (χ2n) is 4.94. The second kappa shape index (κ2) is 6.67. The molecule has 8 heteroatoms. The van der Waals surface area contributed by atoms with E-state index in [1.54, 1.807) is 0 Å². The Labute approximate surface area is 145 Å². The van der Waals surface area contributed by atoms with Crippen LogP contribution in [0.5, 0.6) is 0 Å². The van der Waals surface area contributed by atoms with Gasteiger partial charge in [0.05, 0.1) is 11.4 Å². The lowest BCUT2D eigenvalue weighted by Crippen LogP contribution is -2.14. The van der Waals surface area contributed by atoms with Crippen molar-refractivity contribution in [3.05, 3.63) is 46.3 Å². The number of hydrogen-bond donors (Lipinski definition) is 1. The molecule has 0 unspecified atom stereocenters. The van der Waals surface area contributed by atoms with Crippen molar-refractivity contribution in [1.29, 1.82) is 0 Å². The smallest absolute Gasteiger partial charge is 0.234 e. The van der Waals surface area contributed by atoms with Gasteiger partial charge in [-0.25, -0.2) is 4.98 Å². The molecular weight excluding hydrogens is 378 g/mol. The monoisotopic (exact) mass is 391 g/mol. The van der Waals surface area contributed by atoms with Crippen LogP contribution < -0.4 is 5.32 Å². The van der Waals surface area contributed by atoms with Crippen molar-refractivity contribution in [3.8, 4) is 0 Å². The van der Waals surface area contributed by atoms with Crippen LogP contribution in [0.25, 0.3) is 5.65 Å². The highest BCUT2D eigenvalue weighted by Gasteiger charge is 2.12. The Morgan fingerprint density at radius 1 is 1.30 bits per heavy atom. The average molecular weight is 392 g/mol. The third-order valence-electron chi connectivity index (χ3n) is 3.14. The summed E-state index contributed by atoms with van der Waals surface area (Å²) in [4.78, 5) is 16.5. The fourth-order valence-corrected chi connectivity index (χ4v) is 3.35. The summed E-state index contributed by atoms with van der Waals surface area (Å²) in [6, 6.07) is 9.36. The summed E-state index contributed by atoms with van der Waals surface area (Å²) in [6.45, 7) is 3.81. The Kier molecular flexibility index (Phi) is 4.63. The summed E-state index contributed by atoms with van der Waals surface area (Å²) in [6.07, 6.45) is 0. The molecule has 0 aliphatic carbocycles. The number of thioether (sulfide) groups is 1. The Morgan fingerprint density at radius 3 is 2.87 bits per heavy atom. The van der Waals surface area contributed by atoms with Gasteiger partial charge in [-0.2, -0.15) is 0 Å². The van der Waals surface area contributed by atoms with Gasteiger partial charge in [0.15, 0.2) is 10.8 Å². The van der Waals surface area contributed by atoms with Crippen LogP contribution in [-0.4, -0.2) is 31.2 Å². The molecule has 1 amide bonds. The zero-order valence-electron chi connectivity index (χ0n) is 12.6. The van der Waals surface area contributed by atoms with Crippen LogP contribution in [0.1, 0.15) is 11.5 Å². The maximum atomic E-state index is 12.1. The standard InChI is InChI=1S/C15H14BrN5OS/c1-9-7-13-19-20-15(21(13)10(2)17-9)23-8-14(22)18-12-6-4-3-5-11(12)16/h3-7H,8H2,1-2H3,(H,18,22). The summed E-state index contributed by atoms with van der Waals surface area (Å²) in [5.74, 6) is 0.949. The van der Waals surface area contributed by atoms with Crippen molar-refractivity contribution in [2.24, 2.45) is 0 Å². The van der Waals surface area contributed by atoms with Gasteiger partial charge in [0.1, 0.15) is 5.82 Å². The molecule has 0 atom stereocenters. The van der Waals surface area contributed by atoms with Crippen molar-refractivity contribution < 1.29 is 4.79 Å². The maximum Gasteiger partial charge on any atom is 0.234 e. The first-order valence-corrected chi connectivity index (χ1v) is 8.69. The van der Waals surface area contributed by atoms with E-state index in [0.29, 0.717) is 5.16 Å². The Hall–Kier alpha value is -1.93. The molecule has 0 bridgehead atoms. The number of benzene rings is 1. The second-order valence-corrected chi connectivity index (χ2v) is 6.73. The van der Waals surface area contributed by atoms with Crippen LogP contribution in [-0.2, 0) is 4.79 Å². The van der Waals surface area contributed by atoms with E-state index in [2.05, 4.69) is 36.4 Å². The number of nitrogens with zero attached hydrogens (tertiary/aromatic N) is 4. The number of fused-ring (bicyclic) bond motifs is 1. The number of halogens is 1. The van der Waals surface area contributed by atoms with Gasteiger partial charge in [0.25, 0.3) is 0 Å². The Balaban J connectivity index is 1.71. The van der Waals surface area contributed by atoms with Crippen LogP contribution in [0.15, 0.2) is 40.0 Å². The minimum absolute atomic E-state index is 0.101. The van der Waals surface area contributed by atoms with Crippen molar-refractivity contribution >= 4 is 44.9 Å². The average Bonchev–Trinajstić information content (AvgIpc) is 2.90. The number of para-hydroxylation sites is 1. The van der Waals surface area contributed by atoms with Crippen LogP contribution in [0.2, 0.25) is 0 Å². The fraction of sp³-hybridized carbons (Fsp3) is 0.200. The first-order valence-electron chi connectivity index (χ1n) is 6.91. The maximum absolute atomic E-state index is 12.1. The SMILES string of the molecule is Cc1cc2nnc(SCC(=O)Nc3ccccc3Br)n2c(C)n1. The molecule has 1 N–H and O–H groups in total. The van der Waals surface area contributed by atoms with Crippen LogP contribution in [0.4, 0.5) is 5.69 Å². The number of hydrogen-bond acceptors (Lipinski definition) is 5. The quantitative estimate of drug-likeness (QED) is 0.691. The molecule has 3 rings (SSSR count). The molecule has 2 heterocycles. The van der Waals surface area contributed by atoms with Gasteiger partial charge in [-0.3, -0.25) is 9.20 Å². The van der Waals surface area contributed by atoms with Gasteiger partial charge in [-0.1, -0.05) is 23.9 Å². The molecule has 0 aliphatic heterocycles. The van der Waals surface area contributed by atoms with E-state index in [0.717, 1.165) is 27.3 Å².